The maximum absolute atomic E-state index is 13.3. The number of amides is 1. The average molecular weight is 507 g/mol. The van der Waals surface area contributed by atoms with Crippen LogP contribution in [0.5, 0.6) is 11.5 Å². The second-order valence-corrected chi connectivity index (χ2v) is 9.69. The van der Waals surface area contributed by atoms with E-state index >= 15 is 0 Å². The molecule has 1 N–H and O–H groups in total. The fraction of sp³-hybridized carbons (Fsp3) is 0.192. The summed E-state index contributed by atoms with van der Waals surface area (Å²) >= 11 is 2.71. The van der Waals surface area contributed by atoms with E-state index in [0.717, 1.165) is 9.58 Å². The minimum atomic E-state index is -0.784. The number of ether oxygens (including phenoxy) is 2. The van der Waals surface area contributed by atoms with Gasteiger partial charge in [-0.25, -0.2) is 4.98 Å². The molecule has 0 bridgehead atoms. The molecule has 0 aliphatic carbocycles. The van der Waals surface area contributed by atoms with Gasteiger partial charge in [0, 0.05) is 10.4 Å². The molecule has 0 saturated carbocycles. The average Bonchev–Trinajstić information content (AvgIpc) is 3.58. The van der Waals surface area contributed by atoms with E-state index in [0.29, 0.717) is 40.9 Å². The summed E-state index contributed by atoms with van der Waals surface area (Å²) < 4.78 is 11.9. The number of thiazole rings is 1. The Kier molecular flexibility index (Phi) is 6.27. The zero-order chi connectivity index (χ0) is 24.5. The molecule has 7 nitrogen and oxygen atoms in total. The molecule has 1 amide bonds. The number of aliphatic hydroxyl groups excluding tert-OH is 1. The molecule has 35 heavy (non-hydrogen) atoms. The Hall–Kier alpha value is -3.69. The fourth-order valence-electron chi connectivity index (χ4n) is 4.03. The second kappa shape index (κ2) is 9.52. The first-order valence-corrected chi connectivity index (χ1v) is 12.8. The van der Waals surface area contributed by atoms with Crippen LogP contribution >= 0.6 is 22.7 Å². The molecule has 1 aliphatic heterocycles. The third-order valence-corrected chi connectivity index (χ3v) is 7.50. The zero-order valence-corrected chi connectivity index (χ0v) is 20.7. The number of thiophene rings is 1. The van der Waals surface area contributed by atoms with Gasteiger partial charge in [-0.3, -0.25) is 14.5 Å². The summed E-state index contributed by atoms with van der Waals surface area (Å²) in [6.07, 6.45) is 0. The number of aromatic nitrogens is 1. The van der Waals surface area contributed by atoms with E-state index < -0.39 is 17.7 Å². The largest absolute Gasteiger partial charge is 0.507 e. The number of nitrogens with zero attached hydrogens (tertiary/aromatic N) is 2. The first-order valence-electron chi connectivity index (χ1n) is 11.1. The Morgan fingerprint density at radius 2 is 1.74 bits per heavy atom. The Bertz CT molecular complexity index is 1420. The molecule has 2 aromatic carbocycles. The van der Waals surface area contributed by atoms with Gasteiger partial charge in [-0.1, -0.05) is 17.4 Å². The van der Waals surface area contributed by atoms with Crippen molar-refractivity contribution in [2.45, 2.75) is 19.9 Å². The van der Waals surface area contributed by atoms with E-state index in [2.05, 4.69) is 4.98 Å². The van der Waals surface area contributed by atoms with Crippen molar-refractivity contribution >= 4 is 55.5 Å². The predicted octanol–water partition coefficient (Wildman–Crippen LogP) is 5.78. The summed E-state index contributed by atoms with van der Waals surface area (Å²) in [4.78, 5) is 33.3. The van der Waals surface area contributed by atoms with Gasteiger partial charge in [0.2, 0.25) is 0 Å². The topological polar surface area (TPSA) is 89.0 Å². The van der Waals surface area contributed by atoms with Crippen molar-refractivity contribution in [3.05, 3.63) is 76.0 Å². The van der Waals surface area contributed by atoms with Crippen molar-refractivity contribution in [2.24, 2.45) is 0 Å². The highest BCUT2D eigenvalue weighted by Crippen LogP contribution is 2.45. The lowest BCUT2D eigenvalue weighted by atomic mass is 10.00. The molecule has 1 unspecified atom stereocenters. The Balaban J connectivity index is 1.62. The fourth-order valence-corrected chi connectivity index (χ4v) is 5.87. The van der Waals surface area contributed by atoms with Crippen LogP contribution in [0.4, 0.5) is 5.13 Å². The lowest BCUT2D eigenvalue weighted by molar-refractivity contribution is -0.132. The van der Waals surface area contributed by atoms with E-state index in [1.807, 2.05) is 49.6 Å². The molecule has 178 valence electrons. The zero-order valence-electron chi connectivity index (χ0n) is 19.1. The number of aliphatic hydroxyl groups is 1. The number of ketones is 1. The highest BCUT2D eigenvalue weighted by Gasteiger charge is 2.48. The maximum Gasteiger partial charge on any atom is 0.301 e. The van der Waals surface area contributed by atoms with Crippen LogP contribution in [0.2, 0.25) is 0 Å². The van der Waals surface area contributed by atoms with Gasteiger partial charge in [-0.15, -0.1) is 11.3 Å². The van der Waals surface area contributed by atoms with Gasteiger partial charge in [0.15, 0.2) is 5.13 Å². The Morgan fingerprint density at radius 3 is 2.43 bits per heavy atom. The normalized spacial score (nSPS) is 17.3. The molecule has 3 heterocycles. The number of carbonyl (C=O) groups is 2. The van der Waals surface area contributed by atoms with Gasteiger partial charge in [0.25, 0.3) is 5.78 Å². The molecular weight excluding hydrogens is 484 g/mol. The van der Waals surface area contributed by atoms with Crippen LogP contribution in [-0.2, 0) is 9.59 Å². The number of carbonyl (C=O) groups excluding carboxylic acids is 2. The molecule has 1 atom stereocenters. The second-order valence-electron chi connectivity index (χ2n) is 7.70. The number of fused-ring (bicyclic) bond motifs is 1. The number of anilines is 1. The summed E-state index contributed by atoms with van der Waals surface area (Å²) in [7, 11) is 0. The maximum atomic E-state index is 13.3. The van der Waals surface area contributed by atoms with Crippen LogP contribution in [0.15, 0.2) is 65.6 Å². The number of hydrogen-bond acceptors (Lipinski definition) is 8. The van der Waals surface area contributed by atoms with E-state index in [-0.39, 0.29) is 11.3 Å². The van der Waals surface area contributed by atoms with E-state index in [1.165, 1.54) is 27.6 Å². The van der Waals surface area contributed by atoms with Crippen molar-refractivity contribution in [1.82, 2.24) is 4.98 Å². The minimum Gasteiger partial charge on any atom is -0.507 e. The monoisotopic (exact) mass is 506 g/mol. The number of Topliss-reactive ketones (excluding diaryl/α,β-unsaturated/α-hetero) is 1. The van der Waals surface area contributed by atoms with Gasteiger partial charge in [-0.05, 0) is 67.8 Å². The standard InChI is InChI=1S/C26H22N2O5S2/c1-3-32-16-9-7-15(8-10-16)23(29)21-22(19-6-5-13-34-19)28(25(31)24(21)30)26-27-18-12-11-17(33-4-2)14-20(18)35-26/h5-14,22,29H,3-4H2,1-2H3. The van der Waals surface area contributed by atoms with E-state index in [1.54, 1.807) is 24.3 Å². The van der Waals surface area contributed by atoms with Gasteiger partial charge in [-0.2, -0.15) is 0 Å². The SMILES string of the molecule is CCOc1ccc(C(O)=C2C(=O)C(=O)N(c3nc4ccc(OCC)cc4s3)C2c2cccs2)cc1. The highest BCUT2D eigenvalue weighted by molar-refractivity contribution is 7.22. The molecule has 0 radical (unpaired) electrons. The number of rotatable bonds is 7. The van der Waals surface area contributed by atoms with Crippen LogP contribution in [0.25, 0.3) is 16.0 Å². The van der Waals surface area contributed by atoms with Gasteiger partial charge < -0.3 is 14.6 Å². The minimum absolute atomic E-state index is 0.0378. The summed E-state index contributed by atoms with van der Waals surface area (Å²) in [5.74, 6) is -0.334. The third kappa shape index (κ3) is 4.17. The van der Waals surface area contributed by atoms with Crippen LogP contribution in [0, 0.1) is 0 Å². The molecule has 4 aromatic rings. The Morgan fingerprint density at radius 1 is 1.03 bits per heavy atom. The lowest BCUT2D eigenvalue weighted by Gasteiger charge is -2.21. The molecular formula is C26H22N2O5S2. The quantitative estimate of drug-likeness (QED) is 0.194. The van der Waals surface area contributed by atoms with Gasteiger partial charge in [0.05, 0.1) is 29.0 Å². The molecule has 0 spiro atoms. The van der Waals surface area contributed by atoms with Crippen molar-refractivity contribution in [3.8, 4) is 11.5 Å². The van der Waals surface area contributed by atoms with Crippen LogP contribution in [-0.4, -0.2) is 35.0 Å². The first-order chi connectivity index (χ1) is 17.0. The van der Waals surface area contributed by atoms with E-state index in [4.69, 9.17) is 9.47 Å². The third-order valence-electron chi connectivity index (χ3n) is 5.56. The van der Waals surface area contributed by atoms with Crippen LogP contribution in [0.3, 0.4) is 0 Å². The van der Waals surface area contributed by atoms with Crippen molar-refractivity contribution in [3.63, 3.8) is 0 Å². The molecule has 2 aromatic heterocycles. The smallest absolute Gasteiger partial charge is 0.301 e. The van der Waals surface area contributed by atoms with Crippen LogP contribution < -0.4 is 14.4 Å². The molecule has 9 heteroatoms. The molecule has 1 fully saturated rings. The van der Waals surface area contributed by atoms with Crippen LogP contribution in [0.1, 0.15) is 30.3 Å². The highest BCUT2D eigenvalue weighted by atomic mass is 32.1. The lowest BCUT2D eigenvalue weighted by Crippen LogP contribution is -2.28. The van der Waals surface area contributed by atoms with Crippen molar-refractivity contribution in [2.75, 3.05) is 18.1 Å². The summed E-state index contributed by atoms with van der Waals surface area (Å²) in [6, 6.07) is 15.2. The van der Waals surface area contributed by atoms with Gasteiger partial charge >= 0.3 is 5.91 Å². The molecule has 1 aliphatic rings. The molecule has 1 saturated heterocycles. The van der Waals surface area contributed by atoms with Gasteiger partial charge in [0.1, 0.15) is 23.3 Å². The predicted molar refractivity (Wildman–Crippen MR) is 138 cm³/mol. The number of benzene rings is 2. The first kappa shape index (κ1) is 23.1. The van der Waals surface area contributed by atoms with E-state index in [9.17, 15) is 14.7 Å². The number of hydrogen-bond donors (Lipinski definition) is 1. The Labute approximate surface area is 209 Å². The summed E-state index contributed by atoms with van der Waals surface area (Å²) in [5, 5.41) is 13.5. The summed E-state index contributed by atoms with van der Waals surface area (Å²) in [5.41, 5.74) is 1.17. The molecule has 5 rings (SSSR count). The van der Waals surface area contributed by atoms with Crippen molar-refractivity contribution < 1.29 is 24.2 Å². The summed E-state index contributed by atoms with van der Waals surface area (Å²) in [6.45, 7) is 4.85. The van der Waals surface area contributed by atoms with Crippen molar-refractivity contribution in [1.29, 1.82) is 0 Å².